The SMILES string of the molecule is CCNS(=O)(=O)c1cccc(C(=O)Nc2ccc(F)c(C(=O)OC)c2)c1. The average molecular weight is 380 g/mol. The average Bonchev–Trinajstić information content (AvgIpc) is 2.62. The van der Waals surface area contributed by atoms with Gasteiger partial charge in [0.2, 0.25) is 10.0 Å². The highest BCUT2D eigenvalue weighted by Gasteiger charge is 2.17. The van der Waals surface area contributed by atoms with Crippen LogP contribution in [0.5, 0.6) is 0 Å². The standard InChI is InChI=1S/C17H17FN2O5S/c1-3-19-26(23,24)13-6-4-5-11(9-13)16(21)20-12-7-8-15(18)14(10-12)17(22)25-2/h4-10,19H,3H2,1-2H3,(H,20,21). The number of anilines is 1. The Hall–Kier alpha value is -2.78. The number of sulfonamides is 1. The van der Waals surface area contributed by atoms with Crippen molar-refractivity contribution in [3.8, 4) is 0 Å². The molecule has 0 unspecified atom stereocenters. The van der Waals surface area contributed by atoms with Crippen LogP contribution in [0.25, 0.3) is 0 Å². The quantitative estimate of drug-likeness (QED) is 0.748. The molecule has 0 saturated carbocycles. The maximum absolute atomic E-state index is 13.6. The van der Waals surface area contributed by atoms with Crippen LogP contribution in [0.15, 0.2) is 47.4 Å². The van der Waals surface area contributed by atoms with Crippen molar-refractivity contribution in [3.63, 3.8) is 0 Å². The molecule has 2 aromatic rings. The molecular formula is C17H17FN2O5S. The number of esters is 1. The summed E-state index contributed by atoms with van der Waals surface area (Å²) in [6, 6.07) is 8.89. The Balaban J connectivity index is 2.27. The summed E-state index contributed by atoms with van der Waals surface area (Å²) in [7, 11) is -2.59. The zero-order valence-electron chi connectivity index (χ0n) is 14.1. The van der Waals surface area contributed by atoms with E-state index in [1.54, 1.807) is 6.92 Å². The van der Waals surface area contributed by atoms with Crippen LogP contribution in [0.2, 0.25) is 0 Å². The lowest BCUT2D eigenvalue weighted by Crippen LogP contribution is -2.23. The van der Waals surface area contributed by atoms with E-state index in [2.05, 4.69) is 14.8 Å². The number of nitrogens with one attached hydrogen (secondary N) is 2. The Morgan fingerprint density at radius 2 is 1.88 bits per heavy atom. The second kappa shape index (κ2) is 8.07. The van der Waals surface area contributed by atoms with E-state index in [0.29, 0.717) is 0 Å². The van der Waals surface area contributed by atoms with Gasteiger partial charge in [0.05, 0.1) is 17.6 Å². The van der Waals surface area contributed by atoms with Crippen molar-refractivity contribution in [2.24, 2.45) is 0 Å². The molecule has 2 rings (SSSR count). The number of halogens is 1. The van der Waals surface area contributed by atoms with Gasteiger partial charge in [0, 0.05) is 17.8 Å². The molecule has 0 spiro atoms. The van der Waals surface area contributed by atoms with Crippen LogP contribution in [-0.4, -0.2) is 33.9 Å². The highest BCUT2D eigenvalue weighted by atomic mass is 32.2. The Kier molecular flexibility index (Phi) is 6.06. The maximum Gasteiger partial charge on any atom is 0.340 e. The normalized spacial score (nSPS) is 11.0. The van der Waals surface area contributed by atoms with Crippen LogP contribution in [0, 0.1) is 5.82 Å². The second-order valence-electron chi connectivity index (χ2n) is 5.17. The van der Waals surface area contributed by atoms with Crippen molar-refractivity contribution in [2.75, 3.05) is 19.0 Å². The van der Waals surface area contributed by atoms with Gasteiger partial charge in [-0.2, -0.15) is 0 Å². The lowest BCUT2D eigenvalue weighted by molar-refractivity contribution is 0.0595. The lowest BCUT2D eigenvalue weighted by atomic mass is 10.1. The Bertz CT molecular complexity index is 944. The predicted octanol–water partition coefficient (Wildman–Crippen LogP) is 2.16. The zero-order valence-corrected chi connectivity index (χ0v) is 14.9. The van der Waals surface area contributed by atoms with Gasteiger partial charge in [-0.25, -0.2) is 22.3 Å². The summed E-state index contributed by atoms with van der Waals surface area (Å²) in [6.45, 7) is 1.85. The van der Waals surface area contributed by atoms with E-state index in [1.165, 1.54) is 30.3 Å². The highest BCUT2D eigenvalue weighted by molar-refractivity contribution is 7.89. The molecule has 138 valence electrons. The van der Waals surface area contributed by atoms with Gasteiger partial charge in [-0.1, -0.05) is 13.0 Å². The number of carbonyl (C=O) groups excluding carboxylic acids is 2. The van der Waals surface area contributed by atoms with E-state index in [9.17, 15) is 22.4 Å². The number of rotatable bonds is 6. The van der Waals surface area contributed by atoms with Crippen molar-refractivity contribution in [2.45, 2.75) is 11.8 Å². The van der Waals surface area contributed by atoms with Gasteiger partial charge in [-0.05, 0) is 36.4 Å². The molecule has 2 aromatic carbocycles. The monoisotopic (exact) mass is 380 g/mol. The molecule has 7 nitrogen and oxygen atoms in total. The van der Waals surface area contributed by atoms with Crippen LogP contribution >= 0.6 is 0 Å². The second-order valence-corrected chi connectivity index (χ2v) is 6.94. The topological polar surface area (TPSA) is 102 Å². The Labute approximate surface area is 150 Å². The summed E-state index contributed by atoms with van der Waals surface area (Å²) in [6.07, 6.45) is 0. The number of methoxy groups -OCH3 is 1. The molecule has 0 fully saturated rings. The van der Waals surface area contributed by atoms with Crippen molar-refractivity contribution >= 4 is 27.6 Å². The summed E-state index contributed by atoms with van der Waals surface area (Å²) in [4.78, 5) is 23.8. The van der Waals surface area contributed by atoms with Gasteiger partial charge in [-0.3, -0.25) is 4.79 Å². The smallest absolute Gasteiger partial charge is 0.340 e. The Morgan fingerprint density at radius 3 is 2.54 bits per heavy atom. The van der Waals surface area contributed by atoms with Crippen LogP contribution < -0.4 is 10.0 Å². The minimum atomic E-state index is -3.71. The number of amides is 1. The maximum atomic E-state index is 13.6. The van der Waals surface area contributed by atoms with Crippen molar-refractivity contribution in [3.05, 3.63) is 59.4 Å². The van der Waals surface area contributed by atoms with E-state index < -0.39 is 27.7 Å². The summed E-state index contributed by atoms with van der Waals surface area (Å²) < 4.78 is 44.5. The van der Waals surface area contributed by atoms with Crippen LogP contribution in [0.4, 0.5) is 10.1 Å². The predicted molar refractivity (Wildman–Crippen MR) is 93.0 cm³/mol. The number of hydrogen-bond acceptors (Lipinski definition) is 5. The number of carbonyl (C=O) groups is 2. The van der Waals surface area contributed by atoms with Crippen LogP contribution in [-0.2, 0) is 14.8 Å². The minimum Gasteiger partial charge on any atom is -0.465 e. The molecule has 2 N–H and O–H groups in total. The molecule has 1 amide bonds. The molecule has 0 saturated heterocycles. The van der Waals surface area contributed by atoms with E-state index in [0.717, 1.165) is 19.2 Å². The zero-order chi connectivity index (χ0) is 19.3. The molecule has 0 atom stereocenters. The van der Waals surface area contributed by atoms with Crippen LogP contribution in [0.3, 0.4) is 0 Å². The van der Waals surface area contributed by atoms with E-state index in [4.69, 9.17) is 0 Å². The summed E-state index contributed by atoms with van der Waals surface area (Å²) in [5.41, 5.74) is -0.0709. The first-order valence-corrected chi connectivity index (χ1v) is 9.05. The van der Waals surface area contributed by atoms with Crippen LogP contribution in [0.1, 0.15) is 27.6 Å². The molecule has 0 heterocycles. The first-order chi connectivity index (χ1) is 12.3. The fourth-order valence-electron chi connectivity index (χ4n) is 2.15. The fourth-order valence-corrected chi connectivity index (χ4v) is 3.24. The van der Waals surface area contributed by atoms with Gasteiger partial charge in [0.1, 0.15) is 5.82 Å². The fraction of sp³-hybridized carbons (Fsp3) is 0.176. The third-order valence-corrected chi connectivity index (χ3v) is 4.91. The van der Waals surface area contributed by atoms with Gasteiger partial charge in [0.15, 0.2) is 0 Å². The van der Waals surface area contributed by atoms with Gasteiger partial charge in [-0.15, -0.1) is 0 Å². The summed E-state index contributed by atoms with van der Waals surface area (Å²) >= 11 is 0. The van der Waals surface area contributed by atoms with Crippen molar-refractivity contribution in [1.82, 2.24) is 4.72 Å². The molecule has 0 radical (unpaired) electrons. The molecule has 26 heavy (non-hydrogen) atoms. The molecule has 0 aromatic heterocycles. The molecule has 0 aliphatic heterocycles. The van der Waals surface area contributed by atoms with Crippen molar-refractivity contribution < 1.29 is 27.1 Å². The van der Waals surface area contributed by atoms with E-state index >= 15 is 0 Å². The third-order valence-electron chi connectivity index (χ3n) is 3.37. The largest absolute Gasteiger partial charge is 0.465 e. The number of ether oxygens (including phenoxy) is 1. The highest BCUT2D eigenvalue weighted by Crippen LogP contribution is 2.18. The molecule has 0 bridgehead atoms. The molecular weight excluding hydrogens is 363 g/mol. The van der Waals surface area contributed by atoms with Crippen molar-refractivity contribution in [1.29, 1.82) is 0 Å². The minimum absolute atomic E-state index is 0.0543. The van der Waals surface area contributed by atoms with Gasteiger partial charge < -0.3 is 10.1 Å². The van der Waals surface area contributed by atoms with Gasteiger partial charge >= 0.3 is 5.97 Å². The van der Waals surface area contributed by atoms with E-state index in [-0.39, 0.29) is 28.3 Å². The van der Waals surface area contributed by atoms with Gasteiger partial charge in [0.25, 0.3) is 5.91 Å². The lowest BCUT2D eigenvalue weighted by Gasteiger charge is -2.09. The molecule has 0 aliphatic rings. The first kappa shape index (κ1) is 19.5. The Morgan fingerprint density at radius 1 is 1.15 bits per heavy atom. The number of benzene rings is 2. The first-order valence-electron chi connectivity index (χ1n) is 7.57. The van der Waals surface area contributed by atoms with E-state index in [1.807, 2.05) is 0 Å². The number of hydrogen-bond donors (Lipinski definition) is 2. The summed E-state index contributed by atoms with van der Waals surface area (Å²) in [5, 5.41) is 2.49. The summed E-state index contributed by atoms with van der Waals surface area (Å²) in [5.74, 6) is -2.27. The molecule has 0 aliphatic carbocycles. The molecule has 9 heteroatoms. The third kappa shape index (κ3) is 4.44.